The van der Waals surface area contributed by atoms with Gasteiger partial charge in [-0.1, -0.05) is 0 Å². The van der Waals surface area contributed by atoms with E-state index in [0.29, 0.717) is 19.0 Å². The molecule has 1 aromatic rings. The van der Waals surface area contributed by atoms with E-state index in [9.17, 15) is 4.79 Å². The van der Waals surface area contributed by atoms with Crippen LogP contribution >= 0.6 is 0 Å². The first kappa shape index (κ1) is 14.4. The zero-order valence-electron chi connectivity index (χ0n) is 11.5. The van der Waals surface area contributed by atoms with Crippen LogP contribution in [-0.2, 0) is 11.3 Å². The molecule has 1 aromatic heterocycles. The molecule has 100 valence electrons. The number of carbonyl (C=O) groups excluding carboxylic acids is 1. The van der Waals surface area contributed by atoms with Crippen molar-refractivity contribution in [3.63, 3.8) is 0 Å². The van der Waals surface area contributed by atoms with Gasteiger partial charge in [-0.2, -0.15) is 0 Å². The second-order valence-electron chi connectivity index (χ2n) is 4.31. The van der Waals surface area contributed by atoms with Crippen molar-refractivity contribution < 1.29 is 4.79 Å². The van der Waals surface area contributed by atoms with Crippen LogP contribution in [-0.4, -0.2) is 48.0 Å². The highest BCUT2D eigenvalue weighted by atomic mass is 16.2. The van der Waals surface area contributed by atoms with Crippen LogP contribution in [0.5, 0.6) is 0 Å². The second kappa shape index (κ2) is 6.30. The van der Waals surface area contributed by atoms with Crippen molar-refractivity contribution in [2.75, 3.05) is 32.1 Å². The molecule has 1 heterocycles. The van der Waals surface area contributed by atoms with Crippen LogP contribution in [0.15, 0.2) is 6.07 Å². The van der Waals surface area contributed by atoms with Crippen LogP contribution in [0.4, 0.5) is 5.95 Å². The van der Waals surface area contributed by atoms with Gasteiger partial charge in [0.25, 0.3) is 0 Å². The van der Waals surface area contributed by atoms with Gasteiger partial charge in [0.15, 0.2) is 0 Å². The van der Waals surface area contributed by atoms with Gasteiger partial charge in [-0.15, -0.1) is 0 Å². The highest BCUT2D eigenvalue weighted by Crippen LogP contribution is 2.10. The number of likely N-dealkylation sites (N-methyl/N-ethyl adjacent to an activating group) is 2. The fraction of sp³-hybridized carbons (Fsp3) is 0.583. The van der Waals surface area contributed by atoms with E-state index in [0.717, 1.165) is 11.4 Å². The molecule has 1 rings (SSSR count). The summed E-state index contributed by atoms with van der Waals surface area (Å²) >= 11 is 0. The normalized spacial score (nSPS) is 10.3. The first-order chi connectivity index (χ1) is 8.47. The SMILES string of the molecule is CCN(CC(=O)N(C)C)c1nc(C)cc(CN)n1. The standard InChI is InChI=1S/C12H21N5O/c1-5-17(8-11(18)16(3)4)12-14-9(2)6-10(7-13)15-12/h6H,5,7-8,13H2,1-4H3. The first-order valence-corrected chi connectivity index (χ1v) is 5.97. The smallest absolute Gasteiger partial charge is 0.241 e. The highest BCUT2D eigenvalue weighted by Gasteiger charge is 2.14. The molecule has 0 fully saturated rings. The lowest BCUT2D eigenvalue weighted by Crippen LogP contribution is -2.37. The van der Waals surface area contributed by atoms with Crippen LogP contribution in [0.3, 0.4) is 0 Å². The predicted octanol–water partition coefficient (Wildman–Crippen LogP) is 0.158. The molecular formula is C12H21N5O. The summed E-state index contributed by atoms with van der Waals surface area (Å²) in [7, 11) is 3.47. The molecule has 1 amide bonds. The van der Waals surface area contributed by atoms with Gasteiger partial charge in [0.2, 0.25) is 11.9 Å². The maximum atomic E-state index is 11.7. The molecule has 0 spiro atoms. The molecule has 0 aromatic carbocycles. The third kappa shape index (κ3) is 3.66. The van der Waals surface area contributed by atoms with E-state index >= 15 is 0 Å². The van der Waals surface area contributed by atoms with E-state index in [1.165, 1.54) is 0 Å². The fourth-order valence-corrected chi connectivity index (χ4v) is 1.49. The number of carbonyl (C=O) groups is 1. The number of hydrogen-bond acceptors (Lipinski definition) is 5. The molecule has 0 radical (unpaired) electrons. The van der Waals surface area contributed by atoms with Gasteiger partial charge in [0.1, 0.15) is 0 Å². The Morgan fingerprint density at radius 3 is 2.56 bits per heavy atom. The maximum absolute atomic E-state index is 11.7. The van der Waals surface area contributed by atoms with Gasteiger partial charge in [0, 0.05) is 32.9 Å². The van der Waals surface area contributed by atoms with Crippen molar-refractivity contribution in [3.8, 4) is 0 Å². The van der Waals surface area contributed by atoms with E-state index in [-0.39, 0.29) is 12.5 Å². The van der Waals surface area contributed by atoms with Crippen LogP contribution in [0, 0.1) is 6.92 Å². The number of rotatable bonds is 5. The molecule has 6 heteroatoms. The lowest BCUT2D eigenvalue weighted by Gasteiger charge is -2.22. The minimum absolute atomic E-state index is 0.0243. The zero-order valence-corrected chi connectivity index (χ0v) is 11.5. The molecule has 0 atom stereocenters. The number of aryl methyl sites for hydroxylation is 1. The summed E-state index contributed by atoms with van der Waals surface area (Å²) in [6, 6.07) is 1.85. The molecular weight excluding hydrogens is 230 g/mol. The summed E-state index contributed by atoms with van der Waals surface area (Å²) in [5, 5.41) is 0. The third-order valence-corrected chi connectivity index (χ3v) is 2.59. The largest absolute Gasteiger partial charge is 0.347 e. The van der Waals surface area contributed by atoms with Crippen molar-refractivity contribution in [3.05, 3.63) is 17.5 Å². The van der Waals surface area contributed by atoms with Crippen LogP contribution in [0.25, 0.3) is 0 Å². The Kier molecular flexibility index (Phi) is 5.03. The summed E-state index contributed by atoms with van der Waals surface area (Å²) in [5.41, 5.74) is 7.24. The Morgan fingerprint density at radius 1 is 1.39 bits per heavy atom. The van der Waals surface area contributed by atoms with E-state index < -0.39 is 0 Å². The number of anilines is 1. The van der Waals surface area contributed by atoms with Gasteiger partial charge in [0.05, 0.1) is 12.2 Å². The summed E-state index contributed by atoms with van der Waals surface area (Å²) < 4.78 is 0. The lowest BCUT2D eigenvalue weighted by molar-refractivity contribution is -0.127. The van der Waals surface area contributed by atoms with E-state index in [1.54, 1.807) is 19.0 Å². The van der Waals surface area contributed by atoms with Gasteiger partial charge in [-0.3, -0.25) is 4.79 Å². The molecule has 2 N–H and O–H groups in total. The Labute approximate surface area is 108 Å². The van der Waals surface area contributed by atoms with Crippen LogP contribution in [0.2, 0.25) is 0 Å². The van der Waals surface area contributed by atoms with Gasteiger partial charge < -0.3 is 15.5 Å². The average Bonchev–Trinajstić information content (AvgIpc) is 2.34. The Bertz CT molecular complexity index is 419. The van der Waals surface area contributed by atoms with E-state index in [4.69, 9.17) is 5.73 Å². The van der Waals surface area contributed by atoms with Gasteiger partial charge in [-0.05, 0) is 19.9 Å². The van der Waals surface area contributed by atoms with Crippen molar-refractivity contribution >= 4 is 11.9 Å². The topological polar surface area (TPSA) is 75.4 Å². The summed E-state index contributed by atoms with van der Waals surface area (Å²) in [6.45, 7) is 5.18. The van der Waals surface area contributed by atoms with Gasteiger partial charge >= 0.3 is 0 Å². The minimum atomic E-state index is 0.0243. The first-order valence-electron chi connectivity index (χ1n) is 5.97. The average molecular weight is 251 g/mol. The quantitative estimate of drug-likeness (QED) is 0.806. The molecule has 18 heavy (non-hydrogen) atoms. The van der Waals surface area contributed by atoms with Crippen molar-refractivity contribution in [2.45, 2.75) is 20.4 Å². The van der Waals surface area contributed by atoms with Crippen molar-refractivity contribution in [2.24, 2.45) is 5.73 Å². The lowest BCUT2D eigenvalue weighted by atomic mass is 10.3. The van der Waals surface area contributed by atoms with Crippen molar-refractivity contribution in [1.29, 1.82) is 0 Å². The summed E-state index contributed by atoms with van der Waals surface area (Å²) in [6.07, 6.45) is 0. The number of hydrogen-bond donors (Lipinski definition) is 1. The monoisotopic (exact) mass is 251 g/mol. The minimum Gasteiger partial charge on any atom is -0.347 e. The molecule has 0 saturated carbocycles. The molecule has 0 aliphatic rings. The molecule has 6 nitrogen and oxygen atoms in total. The zero-order chi connectivity index (χ0) is 13.7. The number of amides is 1. The number of nitrogens with zero attached hydrogens (tertiary/aromatic N) is 4. The molecule has 0 bridgehead atoms. The molecule has 0 unspecified atom stereocenters. The molecule has 0 saturated heterocycles. The number of aromatic nitrogens is 2. The third-order valence-electron chi connectivity index (χ3n) is 2.59. The van der Waals surface area contributed by atoms with Crippen molar-refractivity contribution in [1.82, 2.24) is 14.9 Å². The Morgan fingerprint density at radius 2 is 2.06 bits per heavy atom. The fourth-order valence-electron chi connectivity index (χ4n) is 1.49. The Balaban J connectivity index is 2.94. The van der Waals surface area contributed by atoms with Crippen LogP contribution < -0.4 is 10.6 Å². The van der Waals surface area contributed by atoms with Gasteiger partial charge in [-0.25, -0.2) is 9.97 Å². The highest BCUT2D eigenvalue weighted by molar-refractivity contribution is 5.80. The van der Waals surface area contributed by atoms with E-state index in [1.807, 2.05) is 24.8 Å². The second-order valence-corrected chi connectivity index (χ2v) is 4.31. The maximum Gasteiger partial charge on any atom is 0.241 e. The predicted molar refractivity (Wildman–Crippen MR) is 71.2 cm³/mol. The Hall–Kier alpha value is -1.69. The van der Waals surface area contributed by atoms with E-state index in [2.05, 4.69) is 9.97 Å². The summed E-state index contributed by atoms with van der Waals surface area (Å²) in [4.78, 5) is 23.8. The molecule has 0 aliphatic carbocycles. The molecule has 0 aliphatic heterocycles. The number of nitrogens with two attached hydrogens (primary N) is 1. The summed E-state index contributed by atoms with van der Waals surface area (Å²) in [5.74, 6) is 0.587. The van der Waals surface area contributed by atoms with Crippen LogP contribution in [0.1, 0.15) is 18.3 Å².